The van der Waals surface area contributed by atoms with Crippen molar-refractivity contribution >= 4 is 5.69 Å². The summed E-state index contributed by atoms with van der Waals surface area (Å²) in [6, 6.07) is 13.7. The highest BCUT2D eigenvalue weighted by atomic mass is 19.1. The molecule has 0 bridgehead atoms. The number of rotatable bonds is 1. The van der Waals surface area contributed by atoms with Gasteiger partial charge in [-0.3, -0.25) is 0 Å². The quantitative estimate of drug-likeness (QED) is 0.739. The Morgan fingerprint density at radius 2 is 1.81 bits per heavy atom. The predicted octanol–water partition coefficient (Wildman–Crippen LogP) is 2.95. The van der Waals surface area contributed by atoms with Gasteiger partial charge in [-0.15, -0.1) is 0 Å². The number of halogens is 1. The lowest BCUT2D eigenvalue weighted by Gasteiger charge is -2.03. The number of hydrogen-bond acceptors (Lipinski definition) is 2. The highest BCUT2D eigenvalue weighted by molar-refractivity contribution is 5.68. The maximum absolute atomic E-state index is 13.0. The second-order valence-electron chi connectivity index (χ2n) is 3.43. The van der Waals surface area contributed by atoms with Crippen LogP contribution in [-0.4, -0.2) is 0 Å². The van der Waals surface area contributed by atoms with Gasteiger partial charge in [0.1, 0.15) is 5.82 Å². The van der Waals surface area contributed by atoms with Crippen LogP contribution in [0, 0.1) is 17.1 Å². The first kappa shape index (κ1) is 10.2. The van der Waals surface area contributed by atoms with Gasteiger partial charge in [-0.25, -0.2) is 4.39 Å². The van der Waals surface area contributed by atoms with Gasteiger partial charge in [-0.05, 0) is 35.4 Å². The molecule has 78 valence electrons. The third-order valence-corrected chi connectivity index (χ3v) is 2.32. The molecule has 16 heavy (non-hydrogen) atoms. The summed E-state index contributed by atoms with van der Waals surface area (Å²) >= 11 is 0. The van der Waals surface area contributed by atoms with Crippen molar-refractivity contribution in [1.82, 2.24) is 0 Å². The van der Waals surface area contributed by atoms with E-state index < -0.39 is 5.82 Å². The third-order valence-electron chi connectivity index (χ3n) is 2.32. The predicted molar refractivity (Wildman–Crippen MR) is 61.0 cm³/mol. The summed E-state index contributed by atoms with van der Waals surface area (Å²) in [5.41, 5.74) is 7.82. The normalized spacial score (nSPS) is 9.75. The Bertz CT molecular complexity index is 570. The molecule has 0 aliphatic rings. The molecule has 3 heteroatoms. The lowest BCUT2D eigenvalue weighted by atomic mass is 10.0. The average molecular weight is 212 g/mol. The smallest absolute Gasteiger partial charge is 0.146 e. The molecule has 0 heterocycles. The van der Waals surface area contributed by atoms with Crippen LogP contribution >= 0.6 is 0 Å². The van der Waals surface area contributed by atoms with E-state index in [1.54, 1.807) is 30.3 Å². The first-order valence-corrected chi connectivity index (χ1v) is 4.76. The molecule has 0 aromatic heterocycles. The van der Waals surface area contributed by atoms with E-state index in [1.165, 1.54) is 6.07 Å². The summed E-state index contributed by atoms with van der Waals surface area (Å²) in [4.78, 5) is 0. The maximum Gasteiger partial charge on any atom is 0.146 e. The van der Waals surface area contributed by atoms with Crippen molar-refractivity contribution in [3.05, 3.63) is 53.8 Å². The molecule has 0 spiro atoms. The first-order valence-electron chi connectivity index (χ1n) is 4.76. The molecule has 0 aliphatic carbocycles. The molecule has 2 aromatic carbocycles. The Kier molecular flexibility index (Phi) is 2.57. The molecule has 2 N–H and O–H groups in total. The molecule has 0 saturated heterocycles. The molecule has 0 aliphatic heterocycles. The molecular weight excluding hydrogens is 203 g/mol. The molecule has 0 saturated carbocycles. The van der Waals surface area contributed by atoms with Crippen molar-refractivity contribution in [1.29, 1.82) is 5.26 Å². The zero-order valence-electron chi connectivity index (χ0n) is 8.44. The SMILES string of the molecule is N#Cc1cccc(-c2ccc(F)c(N)c2)c1. The topological polar surface area (TPSA) is 49.8 Å². The average Bonchev–Trinajstić information content (AvgIpc) is 2.33. The van der Waals surface area contributed by atoms with Crippen LogP contribution < -0.4 is 5.73 Å². The van der Waals surface area contributed by atoms with Gasteiger partial charge in [0, 0.05) is 0 Å². The molecule has 0 radical (unpaired) electrons. The Hall–Kier alpha value is -2.34. The molecule has 2 nitrogen and oxygen atoms in total. The van der Waals surface area contributed by atoms with E-state index in [0.29, 0.717) is 5.56 Å². The van der Waals surface area contributed by atoms with Crippen molar-refractivity contribution in [2.75, 3.05) is 5.73 Å². The van der Waals surface area contributed by atoms with E-state index in [1.807, 2.05) is 6.07 Å². The number of hydrogen-bond donors (Lipinski definition) is 1. The zero-order valence-corrected chi connectivity index (χ0v) is 8.44. The van der Waals surface area contributed by atoms with Gasteiger partial charge in [0.25, 0.3) is 0 Å². The summed E-state index contributed by atoms with van der Waals surface area (Å²) in [6.45, 7) is 0. The Balaban J connectivity index is 2.51. The second-order valence-corrected chi connectivity index (χ2v) is 3.43. The fourth-order valence-electron chi connectivity index (χ4n) is 1.49. The van der Waals surface area contributed by atoms with Gasteiger partial charge < -0.3 is 5.73 Å². The molecule has 0 fully saturated rings. The van der Waals surface area contributed by atoms with E-state index in [-0.39, 0.29) is 5.69 Å². The zero-order chi connectivity index (χ0) is 11.5. The Morgan fingerprint density at radius 1 is 1.06 bits per heavy atom. The fourth-order valence-corrected chi connectivity index (χ4v) is 1.49. The van der Waals surface area contributed by atoms with E-state index >= 15 is 0 Å². The minimum Gasteiger partial charge on any atom is -0.396 e. The van der Waals surface area contributed by atoms with Crippen LogP contribution in [-0.2, 0) is 0 Å². The maximum atomic E-state index is 13.0. The number of anilines is 1. The third kappa shape index (κ3) is 1.86. The van der Waals surface area contributed by atoms with Gasteiger partial charge in [0.2, 0.25) is 0 Å². The van der Waals surface area contributed by atoms with Crippen LogP contribution in [0.15, 0.2) is 42.5 Å². The van der Waals surface area contributed by atoms with E-state index in [2.05, 4.69) is 6.07 Å². The van der Waals surface area contributed by atoms with Crippen molar-refractivity contribution < 1.29 is 4.39 Å². The van der Waals surface area contributed by atoms with Gasteiger partial charge in [0.15, 0.2) is 0 Å². The standard InChI is InChI=1S/C13H9FN2/c14-12-5-4-11(7-13(12)16)10-3-1-2-9(6-10)8-15/h1-7H,16H2. The summed E-state index contributed by atoms with van der Waals surface area (Å²) < 4.78 is 13.0. The van der Waals surface area contributed by atoms with Crippen molar-refractivity contribution in [2.24, 2.45) is 0 Å². The monoisotopic (exact) mass is 212 g/mol. The van der Waals surface area contributed by atoms with Crippen LogP contribution in [0.1, 0.15) is 5.56 Å². The highest BCUT2D eigenvalue weighted by Gasteiger charge is 2.02. The van der Waals surface area contributed by atoms with E-state index in [4.69, 9.17) is 11.0 Å². The lowest BCUT2D eigenvalue weighted by molar-refractivity contribution is 0.632. The summed E-state index contributed by atoms with van der Waals surface area (Å²) in [6.07, 6.45) is 0. The van der Waals surface area contributed by atoms with Gasteiger partial charge in [-0.2, -0.15) is 5.26 Å². The number of nitriles is 1. The molecular formula is C13H9FN2. The number of nitrogens with two attached hydrogens (primary N) is 1. The van der Waals surface area contributed by atoms with Crippen LogP contribution in [0.3, 0.4) is 0 Å². The molecule has 0 unspecified atom stereocenters. The van der Waals surface area contributed by atoms with Crippen molar-refractivity contribution in [2.45, 2.75) is 0 Å². The number of benzene rings is 2. The van der Waals surface area contributed by atoms with Crippen LogP contribution in [0.4, 0.5) is 10.1 Å². The minimum atomic E-state index is -0.430. The molecule has 0 atom stereocenters. The summed E-state index contributed by atoms with van der Waals surface area (Å²) in [5.74, 6) is -0.430. The van der Waals surface area contributed by atoms with Crippen molar-refractivity contribution in [3.8, 4) is 17.2 Å². The largest absolute Gasteiger partial charge is 0.396 e. The number of nitrogens with zero attached hydrogens (tertiary/aromatic N) is 1. The Labute approximate surface area is 92.8 Å². The van der Waals surface area contributed by atoms with Crippen LogP contribution in [0.5, 0.6) is 0 Å². The van der Waals surface area contributed by atoms with Crippen LogP contribution in [0.25, 0.3) is 11.1 Å². The van der Waals surface area contributed by atoms with Gasteiger partial charge >= 0.3 is 0 Å². The Morgan fingerprint density at radius 3 is 2.50 bits per heavy atom. The first-order chi connectivity index (χ1) is 7.70. The number of nitrogen functional groups attached to an aromatic ring is 1. The fraction of sp³-hybridized carbons (Fsp3) is 0. The summed E-state index contributed by atoms with van der Waals surface area (Å²) in [5, 5.41) is 8.77. The summed E-state index contributed by atoms with van der Waals surface area (Å²) in [7, 11) is 0. The van der Waals surface area contributed by atoms with Crippen molar-refractivity contribution in [3.63, 3.8) is 0 Å². The second kappa shape index (κ2) is 4.03. The molecule has 2 rings (SSSR count). The molecule has 0 amide bonds. The van der Waals surface area contributed by atoms with Gasteiger partial charge in [0.05, 0.1) is 17.3 Å². The van der Waals surface area contributed by atoms with E-state index in [0.717, 1.165) is 11.1 Å². The van der Waals surface area contributed by atoms with E-state index in [9.17, 15) is 4.39 Å². The molecule has 2 aromatic rings. The highest BCUT2D eigenvalue weighted by Crippen LogP contribution is 2.23. The van der Waals surface area contributed by atoms with Gasteiger partial charge in [-0.1, -0.05) is 18.2 Å². The lowest BCUT2D eigenvalue weighted by Crippen LogP contribution is -1.90. The minimum absolute atomic E-state index is 0.111. The van der Waals surface area contributed by atoms with Crippen LogP contribution in [0.2, 0.25) is 0 Å².